The fourth-order valence-corrected chi connectivity index (χ4v) is 7.52. The minimum atomic E-state index is -1.13. The number of amides is 2. The van der Waals surface area contributed by atoms with Crippen LogP contribution in [0, 0.1) is 0 Å². The molecule has 3 aromatic rings. The van der Waals surface area contributed by atoms with Crippen LogP contribution in [-0.4, -0.2) is 169 Å². The number of aromatic nitrogens is 6. The second-order valence-corrected chi connectivity index (χ2v) is 17.9. The van der Waals surface area contributed by atoms with Crippen LogP contribution in [0.3, 0.4) is 0 Å². The number of hydrogen-bond donors (Lipinski definition) is 8. The molecule has 3 rings (SSSR count). The van der Waals surface area contributed by atoms with Gasteiger partial charge in [-0.3, -0.25) is 9.59 Å². The van der Waals surface area contributed by atoms with Crippen molar-refractivity contribution < 1.29 is 53.0 Å². The maximum absolute atomic E-state index is 13.2. The second kappa shape index (κ2) is 40.7. The molecule has 4 atom stereocenters. The van der Waals surface area contributed by atoms with Crippen LogP contribution in [0.4, 0.5) is 0 Å². The maximum atomic E-state index is 13.2. The Morgan fingerprint density at radius 2 is 1.21 bits per heavy atom. The Labute approximate surface area is 431 Å². The molecule has 2 amide bonds. The van der Waals surface area contributed by atoms with Gasteiger partial charge in [0.1, 0.15) is 17.8 Å². The topological polar surface area (TPSA) is 323 Å². The molecule has 0 aliphatic heterocycles. The van der Waals surface area contributed by atoms with E-state index in [1.54, 1.807) is 22.7 Å². The standard InChI is InChI=1S/C50H88N12O11/c1-68-35-28-62-39-42(58-60-62)22-33-73-50(72-32-21-41-38-61(27-29-63)59-57-41)40-17-19-43(20-18-40)71-31-13-5-3-2-4-12-30-69-36-37-70-34-26-54-25-11-8-15-45(55-47(64)44(53)14-6-9-23-51)48(65)56-46(49(66)67)16-7-10-24-52/h17-20,38-39,44-46,50,54,63H,2-16,21-37,51-53H2,1H3,(H,55,64)(H,56,65)(H,66,67)/t44-,45-,46-,50?/m0/s1. The monoisotopic (exact) mass is 1030 g/mol. The average molecular weight is 1030 g/mol. The van der Waals surface area contributed by atoms with Crippen LogP contribution in [0.5, 0.6) is 5.75 Å². The molecule has 0 radical (unpaired) electrons. The van der Waals surface area contributed by atoms with Crippen LogP contribution in [0.1, 0.15) is 120 Å². The van der Waals surface area contributed by atoms with Crippen molar-refractivity contribution in [1.82, 2.24) is 45.9 Å². The van der Waals surface area contributed by atoms with Gasteiger partial charge in [0.05, 0.1) is 83.4 Å². The molecule has 0 saturated heterocycles. The Kier molecular flexibility index (Phi) is 34.9. The smallest absolute Gasteiger partial charge is 0.326 e. The molecule has 1 aromatic carbocycles. The van der Waals surface area contributed by atoms with Gasteiger partial charge in [0.2, 0.25) is 11.8 Å². The summed E-state index contributed by atoms with van der Waals surface area (Å²) in [5.41, 5.74) is 19.6. The number of nitrogens with zero attached hydrogens (tertiary/aromatic N) is 6. The zero-order valence-corrected chi connectivity index (χ0v) is 43.4. The molecule has 414 valence electrons. The summed E-state index contributed by atoms with van der Waals surface area (Å²) in [6.07, 6.45) is 15.7. The first-order chi connectivity index (χ1) is 35.7. The summed E-state index contributed by atoms with van der Waals surface area (Å²) in [5.74, 6) is -1.31. The van der Waals surface area contributed by atoms with Gasteiger partial charge < -0.3 is 71.8 Å². The summed E-state index contributed by atoms with van der Waals surface area (Å²) < 4.78 is 38.4. The van der Waals surface area contributed by atoms with E-state index >= 15 is 0 Å². The van der Waals surface area contributed by atoms with Crippen molar-refractivity contribution in [1.29, 1.82) is 0 Å². The molecule has 0 aliphatic rings. The first-order valence-electron chi connectivity index (χ1n) is 26.4. The van der Waals surface area contributed by atoms with E-state index in [0.29, 0.717) is 143 Å². The van der Waals surface area contributed by atoms with Gasteiger partial charge in [-0.05, 0) is 96.0 Å². The van der Waals surface area contributed by atoms with Gasteiger partial charge in [-0.15, -0.1) is 10.2 Å². The number of nitrogens with one attached hydrogen (secondary N) is 3. The zero-order chi connectivity index (χ0) is 52.6. The number of aliphatic carboxylic acids is 1. The van der Waals surface area contributed by atoms with Crippen molar-refractivity contribution in [2.75, 3.05) is 92.8 Å². The molecule has 0 saturated carbocycles. The normalized spacial score (nSPS) is 13.2. The summed E-state index contributed by atoms with van der Waals surface area (Å²) in [4.78, 5) is 37.8. The Morgan fingerprint density at radius 3 is 1.84 bits per heavy atom. The lowest BCUT2D eigenvalue weighted by Crippen LogP contribution is -2.54. The third-order valence-electron chi connectivity index (χ3n) is 11.8. The highest BCUT2D eigenvalue weighted by atomic mass is 16.7. The van der Waals surface area contributed by atoms with E-state index in [9.17, 15) is 24.6 Å². The number of ether oxygens (including phenoxy) is 6. The number of carbonyl (C=O) groups is 3. The lowest BCUT2D eigenvalue weighted by atomic mass is 10.0. The summed E-state index contributed by atoms with van der Waals surface area (Å²) in [6, 6.07) is 5.06. The summed E-state index contributed by atoms with van der Waals surface area (Å²) in [5, 5.41) is 44.1. The predicted molar refractivity (Wildman–Crippen MR) is 274 cm³/mol. The minimum absolute atomic E-state index is 0.00603. The SMILES string of the molecule is COCCn1cc(CCOC(OCCc2cn(CCO)nn2)c2ccc(OCCCCCCCCOCCOCCNCCCC[C@H](NC(=O)[C@@H](N)CCCCN)C(=O)N[C@@H](CCCCN)C(=O)O)cc2)nn1. The Balaban J connectivity index is 1.21. The summed E-state index contributed by atoms with van der Waals surface area (Å²) in [6.45, 7) is 7.56. The van der Waals surface area contributed by atoms with E-state index in [1.807, 2.05) is 30.5 Å². The van der Waals surface area contributed by atoms with Crippen molar-refractivity contribution in [3.63, 3.8) is 0 Å². The van der Waals surface area contributed by atoms with Crippen molar-refractivity contribution >= 4 is 17.8 Å². The second-order valence-electron chi connectivity index (χ2n) is 17.9. The van der Waals surface area contributed by atoms with Crippen LogP contribution in [0.25, 0.3) is 0 Å². The van der Waals surface area contributed by atoms with Crippen molar-refractivity contribution in [2.45, 2.75) is 147 Å². The number of carboxylic acids is 1. The number of rotatable bonds is 48. The number of unbranched alkanes of at least 4 members (excludes halogenated alkanes) is 8. The van der Waals surface area contributed by atoms with Gasteiger partial charge in [0.15, 0.2) is 6.29 Å². The molecule has 23 nitrogen and oxygen atoms in total. The molecule has 2 aromatic heterocycles. The van der Waals surface area contributed by atoms with Gasteiger partial charge in [-0.25, -0.2) is 14.2 Å². The third kappa shape index (κ3) is 29.1. The average Bonchev–Trinajstić information content (AvgIpc) is 4.05. The largest absolute Gasteiger partial charge is 0.494 e. The van der Waals surface area contributed by atoms with Crippen LogP contribution >= 0.6 is 0 Å². The molecule has 0 spiro atoms. The van der Waals surface area contributed by atoms with Crippen LogP contribution < -0.4 is 37.9 Å². The van der Waals surface area contributed by atoms with Crippen LogP contribution in [0.2, 0.25) is 0 Å². The number of carbonyl (C=O) groups excluding carboxylic acids is 2. The fourth-order valence-electron chi connectivity index (χ4n) is 7.52. The highest BCUT2D eigenvalue weighted by molar-refractivity contribution is 5.91. The minimum Gasteiger partial charge on any atom is -0.494 e. The molecule has 23 heteroatoms. The van der Waals surface area contributed by atoms with Crippen molar-refractivity contribution in [3.05, 3.63) is 53.6 Å². The molecular formula is C50H88N12O11. The highest BCUT2D eigenvalue weighted by Gasteiger charge is 2.27. The van der Waals surface area contributed by atoms with Gasteiger partial charge in [-0.1, -0.05) is 54.7 Å². The molecule has 0 aliphatic carbocycles. The van der Waals surface area contributed by atoms with E-state index < -0.39 is 42.2 Å². The Morgan fingerprint density at radius 1 is 0.630 bits per heavy atom. The third-order valence-corrected chi connectivity index (χ3v) is 11.8. The van der Waals surface area contributed by atoms with Crippen molar-refractivity contribution in [2.24, 2.45) is 17.2 Å². The van der Waals surface area contributed by atoms with Crippen molar-refractivity contribution in [3.8, 4) is 5.75 Å². The number of nitrogens with two attached hydrogens (primary N) is 3. The van der Waals surface area contributed by atoms with E-state index in [0.717, 1.165) is 74.1 Å². The zero-order valence-electron chi connectivity index (χ0n) is 43.4. The van der Waals surface area contributed by atoms with E-state index in [-0.39, 0.29) is 13.0 Å². The molecular weight excluding hydrogens is 945 g/mol. The Bertz CT molecular complexity index is 1860. The van der Waals surface area contributed by atoms with E-state index in [4.69, 9.17) is 45.6 Å². The molecule has 11 N–H and O–H groups in total. The predicted octanol–water partition coefficient (Wildman–Crippen LogP) is 2.18. The first-order valence-corrected chi connectivity index (χ1v) is 26.4. The molecule has 0 fully saturated rings. The number of aliphatic hydroxyl groups excluding tert-OH is 1. The van der Waals surface area contributed by atoms with Gasteiger partial charge in [-0.2, -0.15) is 0 Å². The fraction of sp³-hybridized carbons (Fsp3) is 0.740. The molecule has 1 unspecified atom stereocenters. The molecule has 73 heavy (non-hydrogen) atoms. The quantitative estimate of drug-likeness (QED) is 0.0297. The lowest BCUT2D eigenvalue weighted by Gasteiger charge is -2.23. The number of methoxy groups -OCH3 is 1. The summed E-state index contributed by atoms with van der Waals surface area (Å²) >= 11 is 0. The highest BCUT2D eigenvalue weighted by Crippen LogP contribution is 2.23. The van der Waals surface area contributed by atoms with Gasteiger partial charge >= 0.3 is 5.97 Å². The summed E-state index contributed by atoms with van der Waals surface area (Å²) in [7, 11) is 1.65. The lowest BCUT2D eigenvalue weighted by molar-refractivity contribution is -0.145. The van der Waals surface area contributed by atoms with Crippen LogP contribution in [-0.2, 0) is 64.0 Å². The Hall–Kier alpha value is -4.69. The maximum Gasteiger partial charge on any atom is 0.326 e. The molecule has 0 bridgehead atoms. The number of carboxylic acid groups (broad SMARTS) is 1. The van der Waals surface area contributed by atoms with Gasteiger partial charge in [0, 0.05) is 51.1 Å². The number of hydrogen-bond acceptors (Lipinski definition) is 18. The molecule has 2 heterocycles. The number of aliphatic hydroxyl groups is 1. The van der Waals surface area contributed by atoms with Gasteiger partial charge in [0.25, 0.3) is 0 Å². The first kappa shape index (κ1) is 62.6. The number of benzene rings is 1. The van der Waals surface area contributed by atoms with E-state index in [1.165, 1.54) is 0 Å². The van der Waals surface area contributed by atoms with E-state index in [2.05, 4.69) is 36.6 Å². The van der Waals surface area contributed by atoms with Crippen LogP contribution in [0.15, 0.2) is 36.7 Å².